The molecule has 1 nitrogen and oxygen atoms in total. The van der Waals surface area contributed by atoms with Crippen LogP contribution in [0.5, 0.6) is 11.5 Å². The molecule has 4 saturated carbocycles. The highest BCUT2D eigenvalue weighted by Crippen LogP contribution is 2.68. The SMILES string of the molecule is Brc1ccc2c(c1)Oc1ccccc1C21C2CC3CC(C2)CC1C3. The minimum Gasteiger partial charge on any atom is -0.457 e. The normalized spacial score (nSPS) is 37.9. The van der Waals surface area contributed by atoms with Crippen molar-refractivity contribution in [1.29, 1.82) is 0 Å². The first-order valence-corrected chi connectivity index (χ1v) is 10.1. The van der Waals surface area contributed by atoms with Crippen LogP contribution in [0.4, 0.5) is 0 Å². The Morgan fingerprint density at radius 3 is 2.21 bits per heavy atom. The lowest BCUT2D eigenvalue weighted by Gasteiger charge is -2.63. The van der Waals surface area contributed by atoms with Crippen LogP contribution in [0.15, 0.2) is 46.9 Å². The third kappa shape index (κ3) is 1.61. The standard InChI is InChI=1S/C22H21BrO/c23-17-5-6-19-21(12-17)24-20-4-2-1-3-18(20)22(19)15-8-13-7-14(10-15)11-16(22)9-13/h1-6,12-16H,7-11H2. The highest BCUT2D eigenvalue weighted by atomic mass is 79.9. The number of hydrogen-bond acceptors (Lipinski definition) is 1. The average molecular weight is 381 g/mol. The van der Waals surface area contributed by atoms with E-state index in [0.29, 0.717) is 0 Å². The zero-order valence-corrected chi connectivity index (χ0v) is 15.3. The van der Waals surface area contributed by atoms with Crippen molar-refractivity contribution in [3.8, 4) is 11.5 Å². The number of fused-ring (bicyclic) bond motifs is 2. The molecule has 1 heterocycles. The van der Waals surface area contributed by atoms with Crippen molar-refractivity contribution in [1.82, 2.24) is 0 Å². The molecule has 0 unspecified atom stereocenters. The number of hydrogen-bond donors (Lipinski definition) is 0. The maximum atomic E-state index is 6.36. The summed E-state index contributed by atoms with van der Waals surface area (Å²) >= 11 is 3.64. The van der Waals surface area contributed by atoms with Crippen LogP contribution in [0.2, 0.25) is 0 Å². The third-order valence-corrected chi connectivity index (χ3v) is 7.86. The summed E-state index contributed by atoms with van der Waals surface area (Å²) in [4.78, 5) is 0. The Morgan fingerprint density at radius 2 is 1.46 bits per heavy atom. The molecule has 2 heteroatoms. The fourth-order valence-corrected chi connectivity index (χ4v) is 7.23. The molecule has 2 aromatic carbocycles. The summed E-state index contributed by atoms with van der Waals surface area (Å²) in [5.41, 5.74) is 3.12. The third-order valence-electron chi connectivity index (χ3n) is 7.37. The van der Waals surface area contributed by atoms with E-state index in [1.54, 1.807) is 0 Å². The van der Waals surface area contributed by atoms with Gasteiger partial charge in [-0.05, 0) is 74.0 Å². The summed E-state index contributed by atoms with van der Waals surface area (Å²) in [6.07, 6.45) is 7.15. The van der Waals surface area contributed by atoms with Crippen LogP contribution in [-0.2, 0) is 5.41 Å². The highest BCUT2D eigenvalue weighted by Gasteiger charge is 2.61. The van der Waals surface area contributed by atoms with Gasteiger partial charge >= 0.3 is 0 Å². The highest BCUT2D eigenvalue weighted by molar-refractivity contribution is 9.10. The zero-order chi connectivity index (χ0) is 15.9. The fourth-order valence-electron chi connectivity index (χ4n) is 6.89. The average Bonchev–Trinajstić information content (AvgIpc) is 2.57. The first-order chi connectivity index (χ1) is 11.7. The summed E-state index contributed by atoms with van der Waals surface area (Å²) < 4.78 is 7.47. The van der Waals surface area contributed by atoms with Gasteiger partial charge in [0.2, 0.25) is 0 Å². The summed E-state index contributed by atoms with van der Waals surface area (Å²) in [6.45, 7) is 0. The van der Waals surface area contributed by atoms with Crippen LogP contribution in [0.25, 0.3) is 0 Å². The number of halogens is 1. The summed E-state index contributed by atoms with van der Waals surface area (Å²) in [7, 11) is 0. The topological polar surface area (TPSA) is 9.23 Å². The summed E-state index contributed by atoms with van der Waals surface area (Å²) in [5, 5.41) is 0. The van der Waals surface area contributed by atoms with Gasteiger partial charge in [0.25, 0.3) is 0 Å². The van der Waals surface area contributed by atoms with Gasteiger partial charge in [0.1, 0.15) is 11.5 Å². The second kappa shape index (κ2) is 4.66. The molecule has 5 aliphatic rings. The van der Waals surface area contributed by atoms with Gasteiger partial charge in [-0.25, -0.2) is 0 Å². The predicted molar refractivity (Wildman–Crippen MR) is 98.5 cm³/mol. The smallest absolute Gasteiger partial charge is 0.132 e. The molecule has 0 radical (unpaired) electrons. The predicted octanol–water partition coefficient (Wildman–Crippen LogP) is 6.30. The molecule has 0 amide bonds. The second-order valence-corrected chi connectivity index (χ2v) is 9.33. The number of para-hydroxylation sites is 1. The van der Waals surface area contributed by atoms with Crippen molar-refractivity contribution in [2.75, 3.05) is 0 Å². The van der Waals surface area contributed by atoms with Gasteiger partial charge in [-0.1, -0.05) is 40.2 Å². The van der Waals surface area contributed by atoms with Crippen LogP contribution in [0.1, 0.15) is 43.2 Å². The van der Waals surface area contributed by atoms with Crippen LogP contribution < -0.4 is 4.74 Å². The molecule has 1 aliphatic heterocycles. The Hall–Kier alpha value is -1.28. The minimum absolute atomic E-state index is 0.193. The van der Waals surface area contributed by atoms with E-state index in [1.165, 1.54) is 43.2 Å². The molecule has 7 rings (SSSR count). The first kappa shape index (κ1) is 13.9. The van der Waals surface area contributed by atoms with Gasteiger partial charge in [0.05, 0.1) is 0 Å². The van der Waals surface area contributed by atoms with Crippen molar-refractivity contribution in [3.63, 3.8) is 0 Å². The number of ether oxygens (including phenoxy) is 1. The van der Waals surface area contributed by atoms with E-state index in [0.717, 1.165) is 39.6 Å². The molecular formula is C22H21BrO. The fraction of sp³-hybridized carbons (Fsp3) is 0.455. The maximum absolute atomic E-state index is 6.36. The van der Waals surface area contributed by atoms with E-state index in [9.17, 15) is 0 Å². The summed E-state index contributed by atoms with van der Waals surface area (Å²) in [5.74, 6) is 5.71. The van der Waals surface area contributed by atoms with Crippen LogP contribution in [0, 0.1) is 23.7 Å². The molecule has 0 N–H and O–H groups in total. The van der Waals surface area contributed by atoms with E-state index >= 15 is 0 Å². The molecule has 2 aromatic rings. The van der Waals surface area contributed by atoms with Gasteiger partial charge in [0, 0.05) is 21.0 Å². The summed E-state index contributed by atoms with van der Waals surface area (Å²) in [6, 6.07) is 15.6. The van der Waals surface area contributed by atoms with Crippen LogP contribution in [0.3, 0.4) is 0 Å². The Labute approximate surface area is 151 Å². The molecule has 122 valence electrons. The Bertz CT molecular complexity index is 812. The van der Waals surface area contributed by atoms with Gasteiger partial charge in [-0.2, -0.15) is 0 Å². The second-order valence-electron chi connectivity index (χ2n) is 8.41. The van der Waals surface area contributed by atoms with Gasteiger partial charge in [-0.3, -0.25) is 0 Å². The molecule has 0 aromatic heterocycles. The molecular weight excluding hydrogens is 360 g/mol. The Balaban J connectivity index is 1.66. The van der Waals surface area contributed by atoms with Crippen molar-refractivity contribution >= 4 is 15.9 Å². The number of rotatable bonds is 0. The monoisotopic (exact) mass is 380 g/mol. The van der Waals surface area contributed by atoms with Gasteiger partial charge < -0.3 is 4.74 Å². The lowest BCUT2D eigenvalue weighted by molar-refractivity contribution is -0.0452. The maximum Gasteiger partial charge on any atom is 0.132 e. The van der Waals surface area contributed by atoms with Crippen molar-refractivity contribution in [3.05, 3.63) is 58.1 Å². The molecule has 24 heavy (non-hydrogen) atoms. The first-order valence-electron chi connectivity index (χ1n) is 9.32. The lowest BCUT2D eigenvalue weighted by atomic mass is 9.42. The lowest BCUT2D eigenvalue weighted by Crippen LogP contribution is -2.56. The minimum atomic E-state index is 0.193. The molecule has 4 bridgehead atoms. The van der Waals surface area contributed by atoms with E-state index in [-0.39, 0.29) is 5.41 Å². The largest absolute Gasteiger partial charge is 0.457 e. The Kier molecular flexibility index (Phi) is 2.71. The quantitative estimate of drug-likeness (QED) is 0.521. The van der Waals surface area contributed by atoms with E-state index in [2.05, 4.69) is 58.4 Å². The zero-order valence-electron chi connectivity index (χ0n) is 13.7. The van der Waals surface area contributed by atoms with Crippen LogP contribution >= 0.6 is 15.9 Å². The molecule has 0 atom stereocenters. The van der Waals surface area contributed by atoms with Crippen LogP contribution in [-0.4, -0.2) is 0 Å². The van der Waals surface area contributed by atoms with Crippen molar-refractivity contribution in [2.45, 2.75) is 37.5 Å². The molecule has 1 spiro atoms. The molecule has 4 fully saturated rings. The van der Waals surface area contributed by atoms with Gasteiger partial charge in [-0.15, -0.1) is 0 Å². The molecule has 4 aliphatic carbocycles. The van der Waals surface area contributed by atoms with E-state index in [1.807, 2.05) is 0 Å². The van der Waals surface area contributed by atoms with Crippen molar-refractivity contribution < 1.29 is 4.74 Å². The Morgan fingerprint density at radius 1 is 0.792 bits per heavy atom. The van der Waals surface area contributed by atoms with E-state index < -0.39 is 0 Å². The molecule has 0 saturated heterocycles. The van der Waals surface area contributed by atoms with E-state index in [4.69, 9.17) is 4.74 Å². The van der Waals surface area contributed by atoms with Gasteiger partial charge in [0.15, 0.2) is 0 Å². The van der Waals surface area contributed by atoms with Crippen molar-refractivity contribution in [2.24, 2.45) is 23.7 Å². The number of benzene rings is 2.